The fraction of sp³-hybridized carbons (Fsp3) is 0.244. The lowest BCUT2D eigenvalue weighted by molar-refractivity contribution is 0.148. The van der Waals surface area contributed by atoms with E-state index in [1.54, 1.807) is 29.2 Å². The second-order valence-corrected chi connectivity index (χ2v) is 15.7. The third kappa shape index (κ3) is 6.36. The van der Waals surface area contributed by atoms with Crippen LogP contribution in [0.15, 0.2) is 108 Å². The van der Waals surface area contributed by atoms with Gasteiger partial charge in [0, 0.05) is 62.5 Å². The number of amides is 2. The number of urea groups is 1. The van der Waals surface area contributed by atoms with Crippen LogP contribution in [0.1, 0.15) is 27.8 Å². The zero-order valence-corrected chi connectivity index (χ0v) is 30.4. The molecule has 2 aromatic heterocycles. The Bertz CT molecular complexity index is 2370. The molecule has 0 atom stereocenters. The number of nitrogens with zero attached hydrogens (tertiary/aromatic N) is 6. The minimum atomic E-state index is -4.07. The van der Waals surface area contributed by atoms with Gasteiger partial charge in [0.1, 0.15) is 6.33 Å². The number of benzene rings is 4. The Morgan fingerprint density at radius 2 is 1.50 bits per heavy atom. The zero-order chi connectivity index (χ0) is 36.0. The Morgan fingerprint density at radius 3 is 2.19 bits per heavy atom. The Balaban J connectivity index is 1.18. The standard InChI is InChI=1S/C41H41N7O3S/c1-28-11-17-34(18-12-28)52(50,51)48-38(31-15-13-30(14-16-31)24-46-21-19-45(3)20-22-46)23-36-39(42-27-43-40(36)48)35-9-6-10-37(29(35)2)44-41(49)47-25-32-7-4-5-8-33(32)26-47/h4-18,23,27H,19-22,24-26H2,1-3H3,(H,44,49). The molecular weight excluding hydrogens is 671 g/mol. The van der Waals surface area contributed by atoms with Gasteiger partial charge < -0.3 is 15.1 Å². The van der Waals surface area contributed by atoms with Gasteiger partial charge in [-0.3, -0.25) is 4.90 Å². The summed E-state index contributed by atoms with van der Waals surface area (Å²) in [4.78, 5) is 29.5. The van der Waals surface area contributed by atoms with E-state index in [9.17, 15) is 13.2 Å². The van der Waals surface area contributed by atoms with Crippen molar-refractivity contribution >= 4 is 32.8 Å². The van der Waals surface area contributed by atoms with Crippen LogP contribution in [-0.2, 0) is 29.7 Å². The van der Waals surface area contributed by atoms with E-state index in [2.05, 4.69) is 51.4 Å². The lowest BCUT2D eigenvalue weighted by Crippen LogP contribution is -2.43. The lowest BCUT2D eigenvalue weighted by atomic mass is 10.0. The Labute approximate surface area is 304 Å². The summed E-state index contributed by atoms with van der Waals surface area (Å²) in [6, 6.07) is 30.5. The number of carbonyl (C=O) groups is 1. The maximum Gasteiger partial charge on any atom is 0.322 e. The molecule has 2 amide bonds. The molecule has 0 aliphatic carbocycles. The molecule has 264 valence electrons. The lowest BCUT2D eigenvalue weighted by Gasteiger charge is -2.32. The molecule has 0 radical (unpaired) electrons. The fourth-order valence-corrected chi connectivity index (χ4v) is 8.69. The summed E-state index contributed by atoms with van der Waals surface area (Å²) in [7, 11) is -1.92. The first-order chi connectivity index (χ1) is 25.2. The van der Waals surface area contributed by atoms with Gasteiger partial charge in [-0.25, -0.2) is 27.2 Å². The third-order valence-electron chi connectivity index (χ3n) is 10.3. The molecule has 4 heterocycles. The summed E-state index contributed by atoms with van der Waals surface area (Å²) in [6.07, 6.45) is 1.41. The van der Waals surface area contributed by atoms with Crippen LogP contribution >= 0.6 is 0 Å². The van der Waals surface area contributed by atoms with Crippen LogP contribution in [0.4, 0.5) is 10.5 Å². The van der Waals surface area contributed by atoms with Gasteiger partial charge in [0.15, 0.2) is 5.65 Å². The highest BCUT2D eigenvalue weighted by atomic mass is 32.2. The first-order valence-corrected chi connectivity index (χ1v) is 19.0. The summed E-state index contributed by atoms with van der Waals surface area (Å²) < 4.78 is 30.4. The minimum absolute atomic E-state index is 0.175. The molecule has 1 fully saturated rings. The van der Waals surface area contributed by atoms with Crippen LogP contribution in [0.3, 0.4) is 0 Å². The van der Waals surface area contributed by atoms with E-state index in [1.807, 2.05) is 62.4 Å². The Morgan fingerprint density at radius 1 is 0.808 bits per heavy atom. The summed E-state index contributed by atoms with van der Waals surface area (Å²) >= 11 is 0. The van der Waals surface area contributed by atoms with Crippen molar-refractivity contribution in [2.45, 2.75) is 38.4 Å². The second-order valence-electron chi connectivity index (χ2n) is 13.9. The number of piperazine rings is 1. The second kappa shape index (κ2) is 13.6. The number of aryl methyl sites for hydroxylation is 1. The number of anilines is 1. The van der Waals surface area contributed by atoms with Crippen LogP contribution in [-0.4, -0.2) is 76.3 Å². The fourth-order valence-electron chi connectivity index (χ4n) is 7.21. The van der Waals surface area contributed by atoms with Gasteiger partial charge in [0.25, 0.3) is 10.0 Å². The van der Waals surface area contributed by atoms with Gasteiger partial charge in [-0.2, -0.15) is 0 Å². The van der Waals surface area contributed by atoms with Crippen molar-refractivity contribution in [1.82, 2.24) is 28.6 Å². The molecule has 2 aliphatic rings. The van der Waals surface area contributed by atoms with Crippen molar-refractivity contribution in [3.8, 4) is 22.5 Å². The molecule has 6 aromatic rings. The number of likely N-dealkylation sites (N-methyl/N-ethyl adjacent to an activating group) is 1. The van der Waals surface area contributed by atoms with Crippen molar-refractivity contribution < 1.29 is 13.2 Å². The monoisotopic (exact) mass is 711 g/mol. The summed E-state index contributed by atoms with van der Waals surface area (Å²) in [5, 5.41) is 3.70. The average Bonchev–Trinajstić information content (AvgIpc) is 3.77. The molecule has 0 saturated carbocycles. The Kier molecular flexibility index (Phi) is 8.86. The molecule has 0 bridgehead atoms. The molecule has 8 rings (SSSR count). The topological polar surface area (TPSA) is 104 Å². The number of hydrogen-bond acceptors (Lipinski definition) is 7. The van der Waals surface area contributed by atoms with Gasteiger partial charge in [-0.05, 0) is 73.0 Å². The van der Waals surface area contributed by atoms with Crippen LogP contribution in [0.2, 0.25) is 0 Å². The normalized spacial score (nSPS) is 15.2. The van der Waals surface area contributed by atoms with Crippen molar-refractivity contribution in [2.75, 3.05) is 38.5 Å². The maximum absolute atomic E-state index is 14.5. The summed E-state index contributed by atoms with van der Waals surface area (Å²) in [5.74, 6) is 0. The quantitative estimate of drug-likeness (QED) is 0.192. The van der Waals surface area contributed by atoms with E-state index in [1.165, 1.54) is 15.9 Å². The highest BCUT2D eigenvalue weighted by molar-refractivity contribution is 7.90. The van der Waals surface area contributed by atoms with Crippen molar-refractivity contribution in [3.63, 3.8) is 0 Å². The number of nitrogens with one attached hydrogen (secondary N) is 1. The molecule has 1 saturated heterocycles. The summed E-state index contributed by atoms with van der Waals surface area (Å²) in [5.41, 5.74) is 8.81. The predicted octanol–water partition coefficient (Wildman–Crippen LogP) is 6.91. The number of carbonyl (C=O) groups excluding carboxylic acids is 1. The third-order valence-corrected chi connectivity index (χ3v) is 12.0. The van der Waals surface area contributed by atoms with Crippen LogP contribution in [0, 0.1) is 13.8 Å². The summed E-state index contributed by atoms with van der Waals surface area (Å²) in [6.45, 7) is 9.92. The largest absolute Gasteiger partial charge is 0.322 e. The van der Waals surface area contributed by atoms with Crippen molar-refractivity contribution in [1.29, 1.82) is 0 Å². The molecule has 2 aliphatic heterocycles. The van der Waals surface area contributed by atoms with E-state index in [0.29, 0.717) is 35.6 Å². The number of hydrogen-bond donors (Lipinski definition) is 1. The SMILES string of the molecule is Cc1ccc(S(=O)(=O)n2c(-c3ccc(CN4CCN(C)CC4)cc3)cc3c(-c4cccc(NC(=O)N5Cc6ccccc6C5)c4C)ncnc32)cc1. The van der Waals surface area contributed by atoms with Gasteiger partial charge in [-0.1, -0.05) is 78.4 Å². The molecule has 52 heavy (non-hydrogen) atoms. The molecule has 1 N–H and O–H groups in total. The van der Waals surface area contributed by atoms with E-state index in [0.717, 1.165) is 66.1 Å². The highest BCUT2D eigenvalue weighted by Crippen LogP contribution is 2.38. The highest BCUT2D eigenvalue weighted by Gasteiger charge is 2.28. The molecule has 4 aromatic carbocycles. The molecule has 11 heteroatoms. The van der Waals surface area contributed by atoms with Gasteiger partial charge in [0.2, 0.25) is 0 Å². The Hall–Kier alpha value is -5.36. The number of rotatable bonds is 7. The molecule has 0 spiro atoms. The minimum Gasteiger partial charge on any atom is -0.316 e. The van der Waals surface area contributed by atoms with Crippen LogP contribution < -0.4 is 5.32 Å². The molecule has 0 unspecified atom stereocenters. The van der Waals surface area contributed by atoms with Gasteiger partial charge in [0.05, 0.1) is 16.3 Å². The maximum atomic E-state index is 14.5. The van der Waals surface area contributed by atoms with Crippen LogP contribution in [0.25, 0.3) is 33.5 Å². The van der Waals surface area contributed by atoms with E-state index in [4.69, 9.17) is 4.98 Å². The molecular formula is C41H41N7O3S. The molecule has 10 nitrogen and oxygen atoms in total. The van der Waals surface area contributed by atoms with Gasteiger partial charge >= 0.3 is 6.03 Å². The predicted molar refractivity (Wildman–Crippen MR) is 204 cm³/mol. The van der Waals surface area contributed by atoms with E-state index >= 15 is 0 Å². The number of aromatic nitrogens is 3. The van der Waals surface area contributed by atoms with E-state index in [-0.39, 0.29) is 16.6 Å². The first-order valence-electron chi connectivity index (χ1n) is 17.6. The first kappa shape index (κ1) is 33.8. The van der Waals surface area contributed by atoms with Gasteiger partial charge in [-0.15, -0.1) is 0 Å². The van der Waals surface area contributed by atoms with Crippen LogP contribution in [0.5, 0.6) is 0 Å². The number of fused-ring (bicyclic) bond motifs is 2. The zero-order valence-electron chi connectivity index (χ0n) is 29.6. The smallest absolute Gasteiger partial charge is 0.316 e. The van der Waals surface area contributed by atoms with Crippen molar-refractivity contribution in [2.24, 2.45) is 0 Å². The average molecular weight is 712 g/mol. The van der Waals surface area contributed by atoms with Crippen molar-refractivity contribution in [3.05, 3.63) is 131 Å². The van der Waals surface area contributed by atoms with E-state index < -0.39 is 10.0 Å².